The molecule has 1 aliphatic heterocycles. The Balaban J connectivity index is 1.62. The van der Waals surface area contributed by atoms with Crippen LogP contribution in [0.1, 0.15) is 29.8 Å². The topological polar surface area (TPSA) is 106 Å². The van der Waals surface area contributed by atoms with Crippen molar-refractivity contribution in [1.29, 1.82) is 0 Å². The molecular weight excluding hydrogens is 402 g/mol. The number of nitrogens with one attached hydrogen (secondary N) is 1. The van der Waals surface area contributed by atoms with Gasteiger partial charge in [-0.15, -0.1) is 0 Å². The molecule has 3 rings (SSSR count). The maximum atomic E-state index is 12.5. The quantitative estimate of drug-likeness (QED) is 0.727. The van der Waals surface area contributed by atoms with E-state index in [0.717, 1.165) is 17.1 Å². The number of likely N-dealkylation sites (tertiary alicyclic amines) is 1. The van der Waals surface area contributed by atoms with Gasteiger partial charge in [0.1, 0.15) is 5.75 Å². The molecule has 1 N–H and O–H groups in total. The minimum Gasteiger partial charge on any atom is -0.480 e. The number of nitrogens with zero attached hydrogens (tertiary/aromatic N) is 2. The Hall–Kier alpha value is -2.46. The third kappa shape index (κ3) is 4.68. The zero-order valence-electron chi connectivity index (χ0n) is 15.5. The SMILES string of the molecule is COc1cc(CS(=O)(=O)NC(=O)C2CC(=O)N(C(C)c3ccccc3)C2)sn1. The van der Waals surface area contributed by atoms with E-state index >= 15 is 0 Å². The van der Waals surface area contributed by atoms with Crippen LogP contribution in [-0.2, 0) is 25.4 Å². The van der Waals surface area contributed by atoms with E-state index in [4.69, 9.17) is 4.74 Å². The summed E-state index contributed by atoms with van der Waals surface area (Å²) in [5, 5.41) is 0. The highest BCUT2D eigenvalue weighted by molar-refractivity contribution is 7.89. The fraction of sp³-hybridized carbons (Fsp3) is 0.389. The summed E-state index contributed by atoms with van der Waals surface area (Å²) in [7, 11) is -2.45. The van der Waals surface area contributed by atoms with Gasteiger partial charge in [0.2, 0.25) is 27.7 Å². The van der Waals surface area contributed by atoms with Crippen molar-refractivity contribution >= 4 is 33.4 Å². The van der Waals surface area contributed by atoms with Crippen molar-refractivity contribution in [3.8, 4) is 5.88 Å². The first-order valence-electron chi connectivity index (χ1n) is 8.67. The Morgan fingerprint density at radius 3 is 2.75 bits per heavy atom. The average molecular weight is 424 g/mol. The molecule has 0 bridgehead atoms. The van der Waals surface area contributed by atoms with Crippen molar-refractivity contribution in [2.24, 2.45) is 5.92 Å². The van der Waals surface area contributed by atoms with E-state index in [0.29, 0.717) is 10.8 Å². The minimum absolute atomic E-state index is 0.00704. The molecule has 0 spiro atoms. The minimum atomic E-state index is -3.89. The zero-order valence-corrected chi connectivity index (χ0v) is 17.1. The predicted octanol–water partition coefficient (Wildman–Crippen LogP) is 1.71. The number of sulfonamides is 1. The lowest BCUT2D eigenvalue weighted by atomic mass is 10.1. The van der Waals surface area contributed by atoms with Gasteiger partial charge >= 0.3 is 0 Å². The Morgan fingerprint density at radius 2 is 2.11 bits per heavy atom. The van der Waals surface area contributed by atoms with Gasteiger partial charge in [-0.3, -0.25) is 14.3 Å². The molecule has 8 nitrogen and oxygen atoms in total. The van der Waals surface area contributed by atoms with Crippen LogP contribution in [0, 0.1) is 5.92 Å². The summed E-state index contributed by atoms with van der Waals surface area (Å²) in [6.07, 6.45) is -0.00704. The summed E-state index contributed by atoms with van der Waals surface area (Å²) in [4.78, 5) is 26.9. The van der Waals surface area contributed by atoms with E-state index in [-0.39, 0.29) is 30.7 Å². The van der Waals surface area contributed by atoms with Gasteiger partial charge < -0.3 is 9.64 Å². The molecule has 1 aliphatic rings. The Bertz CT molecular complexity index is 959. The van der Waals surface area contributed by atoms with Gasteiger partial charge in [0, 0.05) is 23.9 Å². The molecule has 10 heteroatoms. The first kappa shape index (κ1) is 20.3. The number of aromatic nitrogens is 1. The Kier molecular flexibility index (Phi) is 5.99. The molecule has 1 aromatic carbocycles. The van der Waals surface area contributed by atoms with Gasteiger partial charge in [-0.2, -0.15) is 4.37 Å². The molecular formula is C18H21N3O5S2. The van der Waals surface area contributed by atoms with Crippen molar-refractivity contribution in [3.63, 3.8) is 0 Å². The van der Waals surface area contributed by atoms with E-state index in [2.05, 4.69) is 9.10 Å². The van der Waals surface area contributed by atoms with Gasteiger partial charge in [-0.05, 0) is 24.0 Å². The van der Waals surface area contributed by atoms with E-state index in [1.165, 1.54) is 13.2 Å². The maximum absolute atomic E-state index is 12.5. The summed E-state index contributed by atoms with van der Waals surface area (Å²) in [5.74, 6) is -1.57. The number of amides is 2. The third-order valence-corrected chi connectivity index (χ3v) is 6.77. The van der Waals surface area contributed by atoms with Crippen LogP contribution >= 0.6 is 11.5 Å². The number of hydrogen-bond donors (Lipinski definition) is 1. The molecule has 2 atom stereocenters. The molecule has 2 heterocycles. The number of rotatable bonds is 7. The summed E-state index contributed by atoms with van der Waals surface area (Å²) < 4.78 is 35.5. The van der Waals surface area contributed by atoms with Crippen molar-refractivity contribution in [1.82, 2.24) is 14.0 Å². The van der Waals surface area contributed by atoms with Crippen LogP contribution in [-0.4, -0.2) is 43.2 Å². The molecule has 1 saturated heterocycles. The lowest BCUT2D eigenvalue weighted by molar-refractivity contribution is -0.130. The predicted molar refractivity (Wildman–Crippen MR) is 104 cm³/mol. The van der Waals surface area contributed by atoms with E-state index in [1.807, 2.05) is 37.3 Å². The number of hydrogen-bond acceptors (Lipinski definition) is 7. The van der Waals surface area contributed by atoms with Crippen LogP contribution in [0.5, 0.6) is 5.88 Å². The molecule has 2 unspecified atom stereocenters. The molecule has 1 fully saturated rings. The van der Waals surface area contributed by atoms with Crippen molar-refractivity contribution in [3.05, 3.63) is 46.8 Å². The molecule has 28 heavy (non-hydrogen) atoms. The molecule has 1 aromatic heterocycles. The third-order valence-electron chi connectivity index (χ3n) is 4.61. The lowest BCUT2D eigenvalue weighted by Crippen LogP contribution is -2.37. The number of carbonyl (C=O) groups is 2. The van der Waals surface area contributed by atoms with Crippen LogP contribution in [0.3, 0.4) is 0 Å². The highest BCUT2D eigenvalue weighted by atomic mass is 32.2. The van der Waals surface area contributed by atoms with E-state index in [9.17, 15) is 18.0 Å². The fourth-order valence-electron chi connectivity index (χ4n) is 3.11. The zero-order chi connectivity index (χ0) is 20.3. The summed E-state index contributed by atoms with van der Waals surface area (Å²) >= 11 is 0.995. The van der Waals surface area contributed by atoms with Crippen LogP contribution in [0.25, 0.3) is 0 Å². The smallest absolute Gasteiger partial charge is 0.239 e. The summed E-state index contributed by atoms with van der Waals surface area (Å²) in [6.45, 7) is 2.08. The van der Waals surface area contributed by atoms with E-state index < -0.39 is 21.8 Å². The van der Waals surface area contributed by atoms with Gasteiger partial charge in [0.05, 0.1) is 19.1 Å². The number of methoxy groups -OCH3 is 1. The Labute approximate surface area is 167 Å². The fourth-order valence-corrected chi connectivity index (χ4v) is 5.28. The molecule has 2 aromatic rings. The van der Waals surface area contributed by atoms with Gasteiger partial charge in [-0.1, -0.05) is 30.3 Å². The van der Waals surface area contributed by atoms with Crippen molar-refractivity contribution < 1.29 is 22.7 Å². The van der Waals surface area contributed by atoms with Crippen LogP contribution in [0.15, 0.2) is 36.4 Å². The molecule has 0 saturated carbocycles. The van der Waals surface area contributed by atoms with Gasteiger partial charge in [0.15, 0.2) is 0 Å². The number of benzene rings is 1. The van der Waals surface area contributed by atoms with Crippen LogP contribution in [0.4, 0.5) is 0 Å². The highest BCUT2D eigenvalue weighted by Gasteiger charge is 2.38. The first-order valence-corrected chi connectivity index (χ1v) is 11.1. The maximum Gasteiger partial charge on any atom is 0.239 e. The van der Waals surface area contributed by atoms with Crippen molar-refractivity contribution in [2.45, 2.75) is 25.1 Å². The molecule has 0 aliphatic carbocycles. The van der Waals surface area contributed by atoms with Crippen molar-refractivity contribution in [2.75, 3.05) is 13.7 Å². The van der Waals surface area contributed by atoms with E-state index in [1.54, 1.807) is 4.90 Å². The van der Waals surface area contributed by atoms with Gasteiger partial charge in [0.25, 0.3) is 0 Å². The van der Waals surface area contributed by atoms with Gasteiger partial charge in [-0.25, -0.2) is 8.42 Å². The summed E-state index contributed by atoms with van der Waals surface area (Å²) in [5.41, 5.74) is 0.962. The summed E-state index contributed by atoms with van der Waals surface area (Å²) in [6, 6.07) is 10.8. The molecule has 0 radical (unpaired) electrons. The monoisotopic (exact) mass is 423 g/mol. The normalized spacial score (nSPS) is 18.1. The lowest BCUT2D eigenvalue weighted by Gasteiger charge is -2.25. The van der Waals surface area contributed by atoms with Crippen LogP contribution in [0.2, 0.25) is 0 Å². The second kappa shape index (κ2) is 8.27. The number of ether oxygens (including phenoxy) is 1. The average Bonchev–Trinajstić information content (AvgIpc) is 3.27. The second-order valence-electron chi connectivity index (χ2n) is 6.59. The highest BCUT2D eigenvalue weighted by Crippen LogP contribution is 2.28. The second-order valence-corrected chi connectivity index (χ2v) is 9.21. The standard InChI is InChI=1S/C18H21N3O5S2/c1-12(13-6-4-3-5-7-13)21-10-14(8-17(21)22)18(23)20-28(24,25)11-15-9-16(26-2)19-27-15/h3-7,9,12,14H,8,10-11H2,1-2H3,(H,20,23). The number of carbonyl (C=O) groups excluding carboxylic acids is 2. The first-order chi connectivity index (χ1) is 13.3. The molecule has 150 valence electrons. The largest absolute Gasteiger partial charge is 0.480 e. The Morgan fingerprint density at radius 1 is 1.39 bits per heavy atom. The molecule has 2 amide bonds. The van der Waals surface area contributed by atoms with Crippen LogP contribution < -0.4 is 9.46 Å².